The summed E-state index contributed by atoms with van der Waals surface area (Å²) < 4.78 is 0. The molecular weight excluding hydrogens is 258 g/mol. The molecule has 0 amide bonds. The van der Waals surface area contributed by atoms with Crippen LogP contribution in [0.25, 0.3) is 0 Å². The van der Waals surface area contributed by atoms with Crippen LogP contribution in [0.3, 0.4) is 0 Å². The molecule has 0 unspecified atom stereocenters. The second kappa shape index (κ2) is 7.09. The molecule has 0 radical (unpaired) electrons. The molecule has 2 rings (SSSR count). The number of nitrogens with zero attached hydrogens (tertiary/aromatic N) is 2. The highest BCUT2D eigenvalue weighted by Gasteiger charge is 2.15. The van der Waals surface area contributed by atoms with Gasteiger partial charge in [-0.15, -0.1) is 0 Å². The third kappa shape index (κ3) is 4.07. The Balaban J connectivity index is 1.83. The van der Waals surface area contributed by atoms with Gasteiger partial charge >= 0.3 is 0 Å². The molecule has 19 heavy (non-hydrogen) atoms. The van der Waals surface area contributed by atoms with Crippen LogP contribution < -0.4 is 5.32 Å². The third-order valence-corrected chi connectivity index (χ3v) is 4.27. The molecule has 1 fully saturated rings. The Labute approximate surface area is 121 Å². The number of hydrogen-bond donors (Lipinski definition) is 1. The summed E-state index contributed by atoms with van der Waals surface area (Å²) >= 11 is 6.15. The van der Waals surface area contributed by atoms with E-state index in [0.717, 1.165) is 23.8 Å². The van der Waals surface area contributed by atoms with Crippen LogP contribution in [0.2, 0.25) is 5.15 Å². The zero-order chi connectivity index (χ0) is 13.7. The maximum Gasteiger partial charge on any atom is 0.138 e. The smallest absolute Gasteiger partial charge is 0.138 e. The van der Waals surface area contributed by atoms with Crippen LogP contribution in [-0.4, -0.2) is 16.5 Å². The highest BCUT2D eigenvalue weighted by Crippen LogP contribution is 2.29. The van der Waals surface area contributed by atoms with Crippen LogP contribution in [0.1, 0.15) is 63.9 Å². The molecule has 0 bridgehead atoms. The van der Waals surface area contributed by atoms with Gasteiger partial charge in [0.25, 0.3) is 0 Å². The highest BCUT2D eigenvalue weighted by molar-refractivity contribution is 6.30. The standard InChI is InChI=1S/C15H24ClN3/c1-11(2)13-14(16)18-10-19-15(13)17-9-5-8-12-6-3-4-7-12/h10-12H,3-9H2,1-2H3,(H,17,18,19). The summed E-state index contributed by atoms with van der Waals surface area (Å²) in [6.45, 7) is 5.21. The molecule has 0 spiro atoms. The quantitative estimate of drug-likeness (QED) is 0.610. The zero-order valence-corrected chi connectivity index (χ0v) is 12.7. The van der Waals surface area contributed by atoms with Crippen molar-refractivity contribution in [1.82, 2.24) is 9.97 Å². The van der Waals surface area contributed by atoms with Crippen molar-refractivity contribution in [1.29, 1.82) is 0 Å². The van der Waals surface area contributed by atoms with Crippen molar-refractivity contribution >= 4 is 17.4 Å². The van der Waals surface area contributed by atoms with Crippen LogP contribution in [0.5, 0.6) is 0 Å². The van der Waals surface area contributed by atoms with Gasteiger partial charge in [-0.3, -0.25) is 0 Å². The molecule has 1 heterocycles. The molecule has 0 atom stereocenters. The number of hydrogen-bond acceptors (Lipinski definition) is 3. The average molecular weight is 282 g/mol. The van der Waals surface area contributed by atoms with Gasteiger partial charge in [0.05, 0.1) is 0 Å². The van der Waals surface area contributed by atoms with Crippen LogP contribution >= 0.6 is 11.6 Å². The van der Waals surface area contributed by atoms with Crippen molar-refractivity contribution < 1.29 is 0 Å². The fraction of sp³-hybridized carbons (Fsp3) is 0.733. The van der Waals surface area contributed by atoms with E-state index in [0.29, 0.717) is 11.1 Å². The van der Waals surface area contributed by atoms with Gasteiger partial charge in [-0.1, -0.05) is 51.1 Å². The van der Waals surface area contributed by atoms with Crippen LogP contribution in [0.4, 0.5) is 5.82 Å². The van der Waals surface area contributed by atoms with E-state index >= 15 is 0 Å². The van der Waals surface area contributed by atoms with E-state index in [-0.39, 0.29) is 0 Å². The fourth-order valence-electron chi connectivity index (χ4n) is 2.92. The minimum Gasteiger partial charge on any atom is -0.370 e. The van der Waals surface area contributed by atoms with Gasteiger partial charge in [0, 0.05) is 12.1 Å². The molecule has 1 aromatic rings. The Morgan fingerprint density at radius 2 is 2.05 bits per heavy atom. The van der Waals surface area contributed by atoms with Gasteiger partial charge < -0.3 is 5.32 Å². The minimum absolute atomic E-state index is 0.339. The number of anilines is 1. The second-order valence-corrected chi connectivity index (χ2v) is 6.16. The molecule has 4 heteroatoms. The van der Waals surface area contributed by atoms with Gasteiger partial charge in [-0.05, 0) is 24.7 Å². The first-order chi connectivity index (χ1) is 9.18. The summed E-state index contributed by atoms with van der Waals surface area (Å²) in [5, 5.41) is 4.00. The van der Waals surface area contributed by atoms with E-state index in [1.54, 1.807) is 0 Å². The molecule has 3 nitrogen and oxygen atoms in total. The van der Waals surface area contributed by atoms with Crippen molar-refractivity contribution in [2.45, 2.75) is 58.3 Å². The fourth-order valence-corrected chi connectivity index (χ4v) is 3.27. The molecule has 1 saturated carbocycles. The lowest BCUT2D eigenvalue weighted by molar-refractivity contribution is 0.491. The Morgan fingerprint density at radius 1 is 1.32 bits per heavy atom. The summed E-state index contributed by atoms with van der Waals surface area (Å²) in [6, 6.07) is 0. The molecule has 0 aromatic carbocycles. The third-order valence-electron chi connectivity index (χ3n) is 3.97. The summed E-state index contributed by atoms with van der Waals surface area (Å²) in [6.07, 6.45) is 9.79. The summed E-state index contributed by atoms with van der Waals surface area (Å²) in [4.78, 5) is 8.39. The Morgan fingerprint density at radius 3 is 2.74 bits per heavy atom. The van der Waals surface area contributed by atoms with Crippen molar-refractivity contribution in [3.63, 3.8) is 0 Å². The van der Waals surface area contributed by atoms with E-state index in [2.05, 4.69) is 29.1 Å². The van der Waals surface area contributed by atoms with Gasteiger partial charge in [-0.25, -0.2) is 9.97 Å². The van der Waals surface area contributed by atoms with Crippen molar-refractivity contribution in [2.24, 2.45) is 5.92 Å². The number of halogens is 1. The van der Waals surface area contributed by atoms with E-state index in [9.17, 15) is 0 Å². The van der Waals surface area contributed by atoms with E-state index in [4.69, 9.17) is 11.6 Å². The maximum absolute atomic E-state index is 6.15. The van der Waals surface area contributed by atoms with Crippen LogP contribution in [-0.2, 0) is 0 Å². The lowest BCUT2D eigenvalue weighted by Crippen LogP contribution is -2.09. The number of rotatable bonds is 6. The average Bonchev–Trinajstić information content (AvgIpc) is 2.87. The Bertz CT molecular complexity index is 400. The number of aromatic nitrogens is 2. The largest absolute Gasteiger partial charge is 0.370 e. The molecule has 0 aliphatic heterocycles. The molecule has 1 aliphatic rings. The molecule has 0 saturated heterocycles. The van der Waals surface area contributed by atoms with Crippen molar-refractivity contribution in [3.8, 4) is 0 Å². The minimum atomic E-state index is 0.339. The van der Waals surface area contributed by atoms with Crippen molar-refractivity contribution in [2.75, 3.05) is 11.9 Å². The lowest BCUT2D eigenvalue weighted by atomic mass is 10.0. The molecule has 106 valence electrons. The topological polar surface area (TPSA) is 37.8 Å². The predicted molar refractivity (Wildman–Crippen MR) is 80.8 cm³/mol. The SMILES string of the molecule is CC(C)c1c(Cl)ncnc1NCCCC1CCCC1. The normalized spacial score (nSPS) is 16.2. The Hall–Kier alpha value is -0.830. The summed E-state index contributed by atoms with van der Waals surface area (Å²) in [7, 11) is 0. The van der Waals surface area contributed by atoms with Gasteiger partial charge in [0.1, 0.15) is 17.3 Å². The first-order valence-corrected chi connectivity index (χ1v) is 7.80. The summed E-state index contributed by atoms with van der Waals surface area (Å²) in [5.74, 6) is 2.20. The molecular formula is C15H24ClN3. The highest BCUT2D eigenvalue weighted by atomic mass is 35.5. The lowest BCUT2D eigenvalue weighted by Gasteiger charge is -2.15. The number of nitrogens with one attached hydrogen (secondary N) is 1. The van der Waals surface area contributed by atoms with Gasteiger partial charge in [0.15, 0.2) is 0 Å². The summed E-state index contributed by atoms with van der Waals surface area (Å²) in [5.41, 5.74) is 1.03. The molecule has 1 N–H and O–H groups in total. The zero-order valence-electron chi connectivity index (χ0n) is 12.0. The van der Waals surface area contributed by atoms with Crippen LogP contribution in [0, 0.1) is 5.92 Å². The van der Waals surface area contributed by atoms with E-state index < -0.39 is 0 Å². The van der Waals surface area contributed by atoms with Gasteiger partial charge in [-0.2, -0.15) is 0 Å². The first kappa shape index (κ1) is 14.6. The van der Waals surface area contributed by atoms with E-state index in [1.165, 1.54) is 44.9 Å². The monoisotopic (exact) mass is 281 g/mol. The maximum atomic E-state index is 6.15. The van der Waals surface area contributed by atoms with Crippen LogP contribution in [0.15, 0.2) is 6.33 Å². The van der Waals surface area contributed by atoms with Crippen molar-refractivity contribution in [3.05, 3.63) is 17.0 Å². The van der Waals surface area contributed by atoms with E-state index in [1.807, 2.05) is 0 Å². The predicted octanol–water partition coefficient (Wildman–Crippen LogP) is 4.64. The second-order valence-electron chi connectivity index (χ2n) is 5.80. The molecule has 1 aliphatic carbocycles. The Kier molecular flexibility index (Phi) is 5.44. The molecule has 1 aromatic heterocycles. The van der Waals surface area contributed by atoms with Gasteiger partial charge in [0.2, 0.25) is 0 Å². The first-order valence-electron chi connectivity index (χ1n) is 7.42.